The summed E-state index contributed by atoms with van der Waals surface area (Å²) >= 11 is 1.53. The highest BCUT2D eigenvalue weighted by Gasteiger charge is 2.19. The Bertz CT molecular complexity index is 1110. The molecule has 0 unspecified atom stereocenters. The third kappa shape index (κ3) is 3.99. The predicted molar refractivity (Wildman–Crippen MR) is 117 cm³/mol. The molecule has 5 nitrogen and oxygen atoms in total. The van der Waals surface area contributed by atoms with Crippen LogP contribution in [0.2, 0.25) is 0 Å². The van der Waals surface area contributed by atoms with E-state index in [1.807, 2.05) is 13.8 Å². The zero-order chi connectivity index (χ0) is 20.4. The summed E-state index contributed by atoms with van der Waals surface area (Å²) in [5.41, 5.74) is 4.64. The highest BCUT2D eigenvalue weighted by molar-refractivity contribution is 7.19. The Morgan fingerprint density at radius 3 is 2.83 bits per heavy atom. The third-order valence-corrected chi connectivity index (χ3v) is 6.57. The van der Waals surface area contributed by atoms with Gasteiger partial charge in [0, 0.05) is 10.4 Å². The molecule has 0 saturated heterocycles. The first kappa shape index (κ1) is 19.8. The zero-order valence-electron chi connectivity index (χ0n) is 17.0. The lowest BCUT2D eigenvalue weighted by atomic mass is 9.89. The minimum atomic E-state index is -0.399. The smallest absolute Gasteiger partial charge is 0.326 e. The van der Waals surface area contributed by atoms with E-state index in [0.717, 1.165) is 46.5 Å². The van der Waals surface area contributed by atoms with Crippen LogP contribution in [0.4, 0.5) is 0 Å². The predicted octanol–water partition coefficient (Wildman–Crippen LogP) is 4.66. The van der Waals surface area contributed by atoms with Gasteiger partial charge in [0.25, 0.3) is 5.56 Å². The lowest BCUT2D eigenvalue weighted by Crippen LogP contribution is -2.25. The fourth-order valence-corrected chi connectivity index (χ4v) is 5.01. The van der Waals surface area contributed by atoms with Crippen LogP contribution >= 0.6 is 11.3 Å². The summed E-state index contributed by atoms with van der Waals surface area (Å²) in [6, 6.07) is 6.56. The van der Waals surface area contributed by atoms with Gasteiger partial charge in [-0.1, -0.05) is 31.5 Å². The van der Waals surface area contributed by atoms with Gasteiger partial charge in [0.2, 0.25) is 0 Å². The van der Waals surface area contributed by atoms with Crippen molar-refractivity contribution in [3.63, 3.8) is 0 Å². The number of benzene rings is 1. The largest absolute Gasteiger partial charge is 0.464 e. The Kier molecular flexibility index (Phi) is 5.81. The Morgan fingerprint density at radius 1 is 1.24 bits per heavy atom. The van der Waals surface area contributed by atoms with E-state index in [1.54, 1.807) is 0 Å². The summed E-state index contributed by atoms with van der Waals surface area (Å²) in [4.78, 5) is 31.6. The average Bonchev–Trinajstić information content (AvgIpc) is 3.06. The van der Waals surface area contributed by atoms with Crippen molar-refractivity contribution in [2.75, 3.05) is 6.61 Å². The molecular formula is C23H26N2O3S. The number of hydrogen-bond donors (Lipinski definition) is 0. The van der Waals surface area contributed by atoms with Crippen LogP contribution in [0.5, 0.6) is 0 Å². The van der Waals surface area contributed by atoms with Crippen LogP contribution in [0, 0.1) is 6.92 Å². The number of hydrogen-bond acceptors (Lipinski definition) is 5. The van der Waals surface area contributed by atoms with Gasteiger partial charge in [-0.25, -0.2) is 4.98 Å². The summed E-state index contributed by atoms with van der Waals surface area (Å²) in [7, 11) is 0. The minimum Gasteiger partial charge on any atom is -0.464 e. The van der Waals surface area contributed by atoms with Crippen molar-refractivity contribution in [1.29, 1.82) is 0 Å². The van der Waals surface area contributed by atoms with Gasteiger partial charge in [-0.05, 0) is 55.7 Å². The van der Waals surface area contributed by atoms with Crippen LogP contribution in [-0.2, 0) is 28.9 Å². The molecule has 29 heavy (non-hydrogen) atoms. The maximum absolute atomic E-state index is 13.2. The number of rotatable bonds is 6. The van der Waals surface area contributed by atoms with Crippen molar-refractivity contribution < 1.29 is 9.53 Å². The molecule has 6 heteroatoms. The second kappa shape index (κ2) is 8.49. The van der Waals surface area contributed by atoms with Crippen molar-refractivity contribution in [2.45, 2.75) is 58.9 Å². The zero-order valence-corrected chi connectivity index (χ0v) is 17.8. The Hall–Kier alpha value is -2.47. The standard InChI is InChI=1S/C23H26N2O3S/c1-3-4-11-28-19(26)13-25-14-24-22-21(23(25)27)20(15(2)29-22)18-10-9-16-7-5-6-8-17(16)12-18/h9-10,12,14H,3-8,11,13H2,1-2H3. The van der Waals surface area contributed by atoms with Crippen LogP contribution in [0.25, 0.3) is 21.3 Å². The number of aryl methyl sites for hydroxylation is 3. The topological polar surface area (TPSA) is 61.2 Å². The van der Waals surface area contributed by atoms with Gasteiger partial charge in [0.05, 0.1) is 18.3 Å². The van der Waals surface area contributed by atoms with Crippen molar-refractivity contribution in [3.05, 3.63) is 50.9 Å². The number of fused-ring (bicyclic) bond motifs is 2. The third-order valence-electron chi connectivity index (χ3n) is 5.55. The summed E-state index contributed by atoms with van der Waals surface area (Å²) in [6.45, 7) is 4.35. The van der Waals surface area contributed by atoms with Gasteiger partial charge < -0.3 is 4.74 Å². The number of aromatic nitrogens is 2. The Labute approximate surface area is 174 Å². The van der Waals surface area contributed by atoms with E-state index in [2.05, 4.69) is 23.2 Å². The lowest BCUT2D eigenvalue weighted by molar-refractivity contribution is -0.144. The minimum absolute atomic E-state index is 0.107. The molecule has 0 bridgehead atoms. The van der Waals surface area contributed by atoms with Gasteiger partial charge in [0.1, 0.15) is 11.4 Å². The maximum atomic E-state index is 13.2. The number of ether oxygens (including phenoxy) is 1. The summed E-state index contributed by atoms with van der Waals surface area (Å²) < 4.78 is 6.58. The van der Waals surface area contributed by atoms with E-state index >= 15 is 0 Å². The van der Waals surface area contributed by atoms with E-state index in [1.165, 1.54) is 46.2 Å². The van der Waals surface area contributed by atoms with E-state index in [0.29, 0.717) is 12.0 Å². The number of thiophene rings is 1. The van der Waals surface area contributed by atoms with Gasteiger partial charge in [0.15, 0.2) is 0 Å². The molecule has 2 aromatic heterocycles. The molecule has 4 rings (SSSR count). The average molecular weight is 411 g/mol. The molecule has 0 fully saturated rings. The van der Waals surface area contributed by atoms with Crippen molar-refractivity contribution in [2.24, 2.45) is 0 Å². The van der Waals surface area contributed by atoms with E-state index < -0.39 is 5.97 Å². The molecule has 0 saturated carbocycles. The molecule has 0 radical (unpaired) electrons. The Morgan fingerprint density at radius 2 is 2.03 bits per heavy atom. The molecule has 3 aromatic rings. The molecular weight excluding hydrogens is 384 g/mol. The SMILES string of the molecule is CCCCOC(=O)Cn1cnc2sc(C)c(-c3ccc4c(c3)CCCC4)c2c1=O. The van der Waals surface area contributed by atoms with Gasteiger partial charge in [-0.3, -0.25) is 14.2 Å². The highest BCUT2D eigenvalue weighted by atomic mass is 32.1. The number of carbonyl (C=O) groups excluding carboxylic acids is 1. The molecule has 0 aliphatic heterocycles. The first-order valence-corrected chi connectivity index (χ1v) is 11.2. The van der Waals surface area contributed by atoms with Crippen molar-refractivity contribution in [1.82, 2.24) is 9.55 Å². The summed E-state index contributed by atoms with van der Waals surface area (Å²) in [5.74, 6) is -0.399. The molecule has 1 aliphatic rings. The van der Waals surface area contributed by atoms with E-state index in [-0.39, 0.29) is 12.1 Å². The molecule has 1 aliphatic carbocycles. The van der Waals surface area contributed by atoms with Crippen LogP contribution in [0.3, 0.4) is 0 Å². The molecule has 0 N–H and O–H groups in total. The quantitative estimate of drug-likeness (QED) is 0.438. The molecule has 0 spiro atoms. The normalized spacial score (nSPS) is 13.4. The highest BCUT2D eigenvalue weighted by Crippen LogP contribution is 2.37. The summed E-state index contributed by atoms with van der Waals surface area (Å²) in [6.07, 6.45) is 7.93. The number of nitrogens with zero attached hydrogens (tertiary/aromatic N) is 2. The molecule has 1 aromatic carbocycles. The monoisotopic (exact) mass is 410 g/mol. The molecule has 0 amide bonds. The van der Waals surface area contributed by atoms with Crippen LogP contribution in [-0.4, -0.2) is 22.1 Å². The van der Waals surface area contributed by atoms with Crippen LogP contribution in [0.1, 0.15) is 48.6 Å². The fraction of sp³-hybridized carbons (Fsp3) is 0.435. The van der Waals surface area contributed by atoms with E-state index in [4.69, 9.17) is 4.74 Å². The van der Waals surface area contributed by atoms with Gasteiger partial charge in [-0.15, -0.1) is 11.3 Å². The lowest BCUT2D eigenvalue weighted by Gasteiger charge is -2.16. The molecule has 152 valence electrons. The summed E-state index contributed by atoms with van der Waals surface area (Å²) in [5, 5.41) is 0.604. The van der Waals surface area contributed by atoms with Crippen LogP contribution < -0.4 is 5.56 Å². The van der Waals surface area contributed by atoms with Gasteiger partial charge in [-0.2, -0.15) is 0 Å². The molecule has 2 heterocycles. The van der Waals surface area contributed by atoms with Crippen molar-refractivity contribution >= 4 is 27.5 Å². The molecule has 0 atom stereocenters. The first-order valence-electron chi connectivity index (χ1n) is 10.3. The number of esters is 1. The fourth-order valence-electron chi connectivity index (χ4n) is 4.00. The second-order valence-electron chi connectivity index (χ2n) is 7.66. The first-order chi connectivity index (χ1) is 14.1. The number of unbranched alkanes of at least 4 members (excludes halogenated alkanes) is 1. The number of carbonyl (C=O) groups is 1. The Balaban J connectivity index is 1.72. The van der Waals surface area contributed by atoms with Gasteiger partial charge >= 0.3 is 5.97 Å². The van der Waals surface area contributed by atoms with Crippen molar-refractivity contribution in [3.8, 4) is 11.1 Å². The second-order valence-corrected chi connectivity index (χ2v) is 8.86. The van der Waals surface area contributed by atoms with Crippen LogP contribution in [0.15, 0.2) is 29.3 Å². The maximum Gasteiger partial charge on any atom is 0.326 e. The van der Waals surface area contributed by atoms with E-state index in [9.17, 15) is 9.59 Å².